The van der Waals surface area contributed by atoms with Crippen LogP contribution in [0.25, 0.3) is 12.2 Å². The van der Waals surface area contributed by atoms with E-state index in [4.69, 9.17) is 8.94 Å². The Morgan fingerprint density at radius 1 is 1.19 bits per heavy atom. The molecule has 2 aromatic rings. The van der Waals surface area contributed by atoms with Crippen LogP contribution in [0.5, 0.6) is 0 Å². The maximum Gasteiger partial charge on any atom is 0.248 e. The first-order valence-electron chi connectivity index (χ1n) is 10.9. The van der Waals surface area contributed by atoms with E-state index in [-0.39, 0.29) is 35.1 Å². The quantitative estimate of drug-likeness (QED) is 0.725. The Balaban J connectivity index is 1.49. The van der Waals surface area contributed by atoms with E-state index >= 15 is 0 Å². The summed E-state index contributed by atoms with van der Waals surface area (Å²) in [6.07, 6.45) is 11.6. The number of hydrogen-bond acceptors (Lipinski definition) is 6. The van der Waals surface area contributed by atoms with Crippen molar-refractivity contribution in [3.05, 3.63) is 35.6 Å². The molecule has 0 aromatic carbocycles. The number of aryl methyl sites for hydroxylation is 1. The molecule has 4 rings (SSSR count). The van der Waals surface area contributed by atoms with Gasteiger partial charge in [-0.2, -0.15) is 4.31 Å². The van der Waals surface area contributed by atoms with Crippen molar-refractivity contribution in [2.75, 3.05) is 13.1 Å². The number of amides is 1. The molecule has 9 heteroatoms. The lowest BCUT2D eigenvalue weighted by atomic mass is 9.93. The molecule has 0 spiro atoms. The van der Waals surface area contributed by atoms with Crippen LogP contribution in [0, 0.1) is 12.8 Å². The van der Waals surface area contributed by atoms with Gasteiger partial charge in [-0.05, 0) is 56.9 Å². The first-order chi connectivity index (χ1) is 14.9. The second-order valence-corrected chi connectivity index (χ2v) is 10.2. The van der Waals surface area contributed by atoms with Crippen molar-refractivity contribution >= 4 is 28.1 Å². The molecule has 3 heterocycles. The summed E-state index contributed by atoms with van der Waals surface area (Å²) in [6, 6.07) is 3.72. The van der Waals surface area contributed by atoms with Gasteiger partial charge in [0, 0.05) is 19.1 Å². The fourth-order valence-corrected chi connectivity index (χ4v) is 6.19. The van der Waals surface area contributed by atoms with Gasteiger partial charge < -0.3 is 14.3 Å². The molecule has 1 N–H and O–H groups in total. The summed E-state index contributed by atoms with van der Waals surface area (Å²) in [6.45, 7) is 2.16. The zero-order valence-corrected chi connectivity index (χ0v) is 18.6. The lowest BCUT2D eigenvalue weighted by Gasteiger charge is -2.32. The van der Waals surface area contributed by atoms with Gasteiger partial charge in [-0.3, -0.25) is 4.79 Å². The van der Waals surface area contributed by atoms with Crippen LogP contribution < -0.4 is 5.32 Å². The first kappa shape index (κ1) is 21.8. The van der Waals surface area contributed by atoms with E-state index < -0.39 is 10.0 Å². The van der Waals surface area contributed by atoms with Crippen LogP contribution in [0.1, 0.15) is 62.2 Å². The average Bonchev–Trinajstić information content (AvgIpc) is 3.42. The SMILES string of the molecule is Cc1noc(C=Cc2ccco2)c1S(=O)(=O)N1CCCC(C(=O)NC2CCCCC2)C1. The van der Waals surface area contributed by atoms with Gasteiger partial charge in [-0.1, -0.05) is 24.4 Å². The summed E-state index contributed by atoms with van der Waals surface area (Å²) in [5.41, 5.74) is 0.299. The standard InChI is InChI=1S/C22H29N3O5S/c1-16-21(20(30-24-16)12-11-19-10-6-14-29-19)31(27,28)25-13-5-7-17(15-25)22(26)23-18-8-3-2-4-9-18/h6,10-12,14,17-18H,2-5,7-9,13,15H2,1H3,(H,23,26). The number of carbonyl (C=O) groups excluding carboxylic acids is 1. The van der Waals surface area contributed by atoms with Crippen molar-refractivity contribution in [2.45, 2.75) is 62.8 Å². The zero-order chi connectivity index (χ0) is 21.8. The van der Waals surface area contributed by atoms with Crippen molar-refractivity contribution in [2.24, 2.45) is 5.92 Å². The zero-order valence-electron chi connectivity index (χ0n) is 17.7. The molecule has 168 valence electrons. The van der Waals surface area contributed by atoms with Gasteiger partial charge in [0.15, 0.2) is 10.7 Å². The van der Waals surface area contributed by atoms with Crippen LogP contribution in [0.15, 0.2) is 32.2 Å². The molecule has 1 aliphatic heterocycles. The molecule has 31 heavy (non-hydrogen) atoms. The minimum absolute atomic E-state index is 0.0354. The third-order valence-corrected chi connectivity index (χ3v) is 8.10. The average molecular weight is 448 g/mol. The van der Waals surface area contributed by atoms with Gasteiger partial charge in [0.2, 0.25) is 15.9 Å². The Morgan fingerprint density at radius 3 is 2.74 bits per heavy atom. The molecule has 1 saturated heterocycles. The largest absolute Gasteiger partial charge is 0.465 e. The molecule has 0 radical (unpaired) electrons. The number of nitrogens with zero attached hydrogens (tertiary/aromatic N) is 2. The van der Waals surface area contributed by atoms with E-state index in [1.54, 1.807) is 31.2 Å². The molecule has 1 amide bonds. The van der Waals surface area contributed by atoms with Crippen LogP contribution in [-0.2, 0) is 14.8 Å². The van der Waals surface area contributed by atoms with Gasteiger partial charge in [0.25, 0.3) is 0 Å². The third-order valence-electron chi connectivity index (χ3n) is 6.08. The normalized spacial score (nSPS) is 21.5. The topological polar surface area (TPSA) is 106 Å². The van der Waals surface area contributed by atoms with Crippen molar-refractivity contribution < 1.29 is 22.2 Å². The molecule has 1 unspecified atom stereocenters. The predicted octanol–water partition coefficient (Wildman–Crippen LogP) is 3.60. The minimum atomic E-state index is -3.86. The molecule has 1 saturated carbocycles. The molecule has 2 fully saturated rings. The number of rotatable bonds is 6. The maximum atomic E-state index is 13.4. The lowest BCUT2D eigenvalue weighted by Crippen LogP contribution is -2.48. The fourth-order valence-electron chi connectivity index (χ4n) is 4.41. The minimum Gasteiger partial charge on any atom is -0.465 e. The molecule has 0 bridgehead atoms. The van der Waals surface area contributed by atoms with Crippen LogP contribution in [0.2, 0.25) is 0 Å². The summed E-state index contributed by atoms with van der Waals surface area (Å²) < 4.78 is 38.8. The highest BCUT2D eigenvalue weighted by atomic mass is 32.2. The highest BCUT2D eigenvalue weighted by molar-refractivity contribution is 7.89. The second kappa shape index (κ2) is 9.40. The summed E-state index contributed by atoms with van der Waals surface area (Å²) in [5, 5.41) is 7.01. The number of aromatic nitrogens is 1. The Labute approximate surface area is 182 Å². The van der Waals surface area contributed by atoms with Crippen molar-refractivity contribution in [1.29, 1.82) is 0 Å². The van der Waals surface area contributed by atoms with E-state index in [0.29, 0.717) is 30.8 Å². The first-order valence-corrected chi connectivity index (χ1v) is 12.4. The van der Waals surface area contributed by atoms with Crippen LogP contribution >= 0.6 is 0 Å². The number of carbonyl (C=O) groups is 1. The highest BCUT2D eigenvalue weighted by Crippen LogP contribution is 2.29. The smallest absolute Gasteiger partial charge is 0.248 e. The van der Waals surface area contributed by atoms with Crippen LogP contribution in [0.4, 0.5) is 0 Å². The number of hydrogen-bond donors (Lipinski definition) is 1. The van der Waals surface area contributed by atoms with Gasteiger partial charge in [0.1, 0.15) is 11.5 Å². The Morgan fingerprint density at radius 2 is 2.00 bits per heavy atom. The Bertz CT molecular complexity index is 1020. The van der Waals surface area contributed by atoms with Crippen LogP contribution in [-0.4, -0.2) is 42.9 Å². The van der Waals surface area contributed by atoms with E-state index in [9.17, 15) is 13.2 Å². The molecule has 8 nitrogen and oxygen atoms in total. The van der Waals surface area contributed by atoms with Crippen molar-refractivity contribution in [1.82, 2.24) is 14.8 Å². The van der Waals surface area contributed by atoms with Gasteiger partial charge in [0.05, 0.1) is 12.2 Å². The van der Waals surface area contributed by atoms with E-state index in [1.165, 1.54) is 17.0 Å². The lowest BCUT2D eigenvalue weighted by molar-refractivity contribution is -0.127. The van der Waals surface area contributed by atoms with Gasteiger partial charge >= 0.3 is 0 Å². The van der Waals surface area contributed by atoms with Gasteiger partial charge in [-0.25, -0.2) is 8.42 Å². The molecule has 1 aliphatic carbocycles. The second-order valence-electron chi connectivity index (χ2n) is 8.36. The summed E-state index contributed by atoms with van der Waals surface area (Å²) in [7, 11) is -3.86. The van der Waals surface area contributed by atoms with Crippen molar-refractivity contribution in [3.8, 4) is 0 Å². The Kier molecular flexibility index (Phi) is 6.62. The predicted molar refractivity (Wildman–Crippen MR) is 115 cm³/mol. The molecule has 1 atom stereocenters. The third kappa shape index (κ3) is 4.93. The number of furan rings is 1. The van der Waals surface area contributed by atoms with Crippen LogP contribution in [0.3, 0.4) is 0 Å². The molecular formula is C22H29N3O5S. The van der Waals surface area contributed by atoms with E-state index in [1.807, 2.05) is 0 Å². The van der Waals surface area contributed by atoms with E-state index in [0.717, 1.165) is 25.7 Å². The van der Waals surface area contributed by atoms with Crippen molar-refractivity contribution in [3.63, 3.8) is 0 Å². The summed E-state index contributed by atoms with van der Waals surface area (Å²) in [5.74, 6) is 0.358. The molecule has 2 aromatic heterocycles. The maximum absolute atomic E-state index is 13.4. The number of sulfonamides is 1. The van der Waals surface area contributed by atoms with E-state index in [2.05, 4.69) is 10.5 Å². The molecular weight excluding hydrogens is 418 g/mol. The summed E-state index contributed by atoms with van der Waals surface area (Å²) >= 11 is 0. The number of piperidine rings is 1. The molecule has 2 aliphatic rings. The Hall–Kier alpha value is -2.39. The highest BCUT2D eigenvalue weighted by Gasteiger charge is 2.37. The fraction of sp³-hybridized carbons (Fsp3) is 0.545. The summed E-state index contributed by atoms with van der Waals surface area (Å²) in [4.78, 5) is 12.9. The number of nitrogens with one attached hydrogen (secondary N) is 1. The monoisotopic (exact) mass is 447 g/mol. The van der Waals surface area contributed by atoms with Gasteiger partial charge in [-0.15, -0.1) is 0 Å².